The molecule has 154 valence electrons. The Morgan fingerprint density at radius 1 is 1.15 bits per heavy atom. The predicted octanol–water partition coefficient (Wildman–Crippen LogP) is 1.51. The van der Waals surface area contributed by atoms with Crippen LogP contribution in [0.2, 0.25) is 0 Å². The van der Waals surface area contributed by atoms with Crippen LogP contribution in [0.5, 0.6) is 0 Å². The number of hydrogen-bond donors (Lipinski definition) is 2. The van der Waals surface area contributed by atoms with Crippen molar-refractivity contribution in [3.63, 3.8) is 0 Å². The summed E-state index contributed by atoms with van der Waals surface area (Å²) >= 11 is 0. The molecule has 2 rings (SSSR count). The van der Waals surface area contributed by atoms with Crippen molar-refractivity contribution in [3.8, 4) is 0 Å². The second-order valence-electron chi connectivity index (χ2n) is 7.22. The van der Waals surface area contributed by atoms with Gasteiger partial charge >= 0.3 is 0 Å². The molecular weight excluding hydrogens is 501 g/mol. The van der Waals surface area contributed by atoms with Gasteiger partial charge in [0.2, 0.25) is 0 Å². The van der Waals surface area contributed by atoms with Crippen molar-refractivity contribution in [1.29, 1.82) is 0 Å². The van der Waals surface area contributed by atoms with Crippen LogP contribution in [-0.2, 0) is 26.2 Å². The van der Waals surface area contributed by atoms with E-state index in [0.717, 1.165) is 18.4 Å². The fraction of sp³-hybridized carbons (Fsp3) is 0.588. The van der Waals surface area contributed by atoms with Gasteiger partial charge in [-0.1, -0.05) is 12.1 Å². The summed E-state index contributed by atoms with van der Waals surface area (Å²) in [6.07, 6.45) is 4.26. The van der Waals surface area contributed by atoms with Gasteiger partial charge in [0.1, 0.15) is 9.84 Å². The number of aliphatic imine (C=N–C) groups is 1. The third kappa shape index (κ3) is 7.57. The van der Waals surface area contributed by atoms with Gasteiger partial charge < -0.3 is 10.6 Å². The van der Waals surface area contributed by atoms with Crippen molar-refractivity contribution in [2.75, 3.05) is 31.9 Å². The summed E-state index contributed by atoms with van der Waals surface area (Å²) in [5, 5.41) is 6.37. The highest BCUT2D eigenvalue weighted by atomic mass is 127. The zero-order valence-corrected chi connectivity index (χ0v) is 20.0. The SMILES string of the molecule is CN=C(NCc1ccc(S(C)(=O)=O)c(C)c1)NCC1(CS(C)(=O)=O)CC1.I. The molecule has 1 fully saturated rings. The number of aryl methyl sites for hydroxylation is 1. The molecule has 1 aromatic rings. The smallest absolute Gasteiger partial charge is 0.191 e. The summed E-state index contributed by atoms with van der Waals surface area (Å²) < 4.78 is 46.4. The van der Waals surface area contributed by atoms with E-state index in [9.17, 15) is 16.8 Å². The fourth-order valence-corrected chi connectivity index (χ4v) is 5.48. The summed E-state index contributed by atoms with van der Waals surface area (Å²) in [5.41, 5.74) is 1.47. The number of benzene rings is 1. The van der Waals surface area contributed by atoms with Gasteiger partial charge in [-0.25, -0.2) is 16.8 Å². The third-order valence-corrected chi connectivity index (χ3v) is 6.87. The predicted molar refractivity (Wildman–Crippen MR) is 119 cm³/mol. The highest BCUT2D eigenvalue weighted by Gasteiger charge is 2.45. The molecule has 0 aromatic heterocycles. The Bertz CT molecular complexity index is 908. The Labute approximate surface area is 179 Å². The molecule has 0 radical (unpaired) electrons. The summed E-state index contributed by atoms with van der Waals surface area (Å²) in [6, 6.07) is 5.22. The van der Waals surface area contributed by atoms with Gasteiger partial charge in [-0.05, 0) is 37.0 Å². The average molecular weight is 529 g/mol. The fourth-order valence-electron chi connectivity index (χ4n) is 3.02. The van der Waals surface area contributed by atoms with Crippen molar-refractivity contribution >= 4 is 49.6 Å². The molecule has 0 heterocycles. The van der Waals surface area contributed by atoms with Gasteiger partial charge in [0.15, 0.2) is 15.8 Å². The lowest BCUT2D eigenvalue weighted by molar-refractivity contribution is 0.529. The van der Waals surface area contributed by atoms with Crippen molar-refractivity contribution < 1.29 is 16.8 Å². The molecule has 10 heteroatoms. The highest BCUT2D eigenvalue weighted by Crippen LogP contribution is 2.45. The number of halogens is 1. The Kier molecular flexibility index (Phi) is 8.12. The van der Waals surface area contributed by atoms with E-state index in [-0.39, 0.29) is 35.1 Å². The van der Waals surface area contributed by atoms with Gasteiger partial charge in [0.05, 0.1) is 10.6 Å². The molecule has 0 bridgehead atoms. The first-order valence-corrected chi connectivity index (χ1v) is 12.3. The van der Waals surface area contributed by atoms with E-state index >= 15 is 0 Å². The third-order valence-electron chi connectivity index (χ3n) is 4.48. The van der Waals surface area contributed by atoms with Crippen LogP contribution in [-0.4, -0.2) is 54.7 Å². The van der Waals surface area contributed by atoms with Gasteiger partial charge in [-0.2, -0.15) is 0 Å². The molecule has 0 amide bonds. The minimum atomic E-state index is -3.22. The second kappa shape index (κ2) is 9.08. The van der Waals surface area contributed by atoms with Crippen LogP contribution < -0.4 is 10.6 Å². The summed E-state index contributed by atoms with van der Waals surface area (Å²) in [6.45, 7) is 2.82. The normalized spacial score (nSPS) is 16.4. The van der Waals surface area contributed by atoms with Crippen LogP contribution in [0.4, 0.5) is 0 Å². The minimum absolute atomic E-state index is 0. The monoisotopic (exact) mass is 529 g/mol. The Balaban J connectivity index is 0.00000364. The zero-order valence-electron chi connectivity index (χ0n) is 16.1. The molecular formula is C17H28IN3O4S2. The van der Waals surface area contributed by atoms with Crippen molar-refractivity contribution in [2.45, 2.75) is 31.2 Å². The molecule has 1 aromatic carbocycles. The molecule has 0 aliphatic heterocycles. The van der Waals surface area contributed by atoms with Gasteiger partial charge in [-0.3, -0.25) is 4.99 Å². The van der Waals surface area contributed by atoms with E-state index < -0.39 is 19.7 Å². The first-order chi connectivity index (χ1) is 11.9. The molecule has 0 saturated heterocycles. The minimum Gasteiger partial charge on any atom is -0.356 e. The molecule has 7 nitrogen and oxygen atoms in total. The van der Waals surface area contributed by atoms with Crippen LogP contribution >= 0.6 is 24.0 Å². The molecule has 0 atom stereocenters. The maximum Gasteiger partial charge on any atom is 0.191 e. The Morgan fingerprint density at radius 2 is 1.78 bits per heavy atom. The molecule has 2 N–H and O–H groups in total. The topological polar surface area (TPSA) is 105 Å². The number of guanidine groups is 1. The quantitative estimate of drug-likeness (QED) is 0.315. The Hall–Kier alpha value is -0.880. The molecule has 1 saturated carbocycles. The molecule has 0 unspecified atom stereocenters. The van der Waals surface area contributed by atoms with Crippen molar-refractivity contribution in [1.82, 2.24) is 10.6 Å². The van der Waals surface area contributed by atoms with Crippen LogP contribution in [0, 0.1) is 12.3 Å². The molecule has 27 heavy (non-hydrogen) atoms. The summed E-state index contributed by atoms with van der Waals surface area (Å²) in [4.78, 5) is 4.49. The van der Waals surface area contributed by atoms with E-state index in [1.165, 1.54) is 12.5 Å². The maximum absolute atomic E-state index is 11.7. The summed E-state index contributed by atoms with van der Waals surface area (Å²) in [7, 11) is -4.57. The zero-order chi connectivity index (χ0) is 19.6. The van der Waals surface area contributed by atoms with Crippen LogP contribution in [0.3, 0.4) is 0 Å². The lowest BCUT2D eigenvalue weighted by Crippen LogP contribution is -2.41. The maximum atomic E-state index is 11.7. The number of nitrogens with one attached hydrogen (secondary N) is 2. The first kappa shape index (κ1) is 24.2. The van der Waals surface area contributed by atoms with Crippen LogP contribution in [0.1, 0.15) is 24.0 Å². The second-order valence-corrected chi connectivity index (χ2v) is 11.3. The largest absolute Gasteiger partial charge is 0.356 e. The van der Waals surface area contributed by atoms with Gasteiger partial charge in [-0.15, -0.1) is 24.0 Å². The van der Waals surface area contributed by atoms with Crippen LogP contribution in [0.15, 0.2) is 28.1 Å². The van der Waals surface area contributed by atoms with Gasteiger partial charge in [0.25, 0.3) is 0 Å². The number of hydrogen-bond acceptors (Lipinski definition) is 5. The van der Waals surface area contributed by atoms with E-state index in [2.05, 4.69) is 15.6 Å². The van der Waals surface area contributed by atoms with E-state index in [4.69, 9.17) is 0 Å². The van der Waals surface area contributed by atoms with Crippen molar-refractivity contribution in [2.24, 2.45) is 10.4 Å². The van der Waals surface area contributed by atoms with Crippen LogP contribution in [0.25, 0.3) is 0 Å². The number of rotatable bonds is 7. The lowest BCUT2D eigenvalue weighted by atomic mass is 10.1. The number of sulfone groups is 2. The van der Waals surface area contributed by atoms with E-state index in [1.54, 1.807) is 26.1 Å². The average Bonchev–Trinajstić information content (AvgIpc) is 3.23. The first-order valence-electron chi connectivity index (χ1n) is 8.36. The van der Waals surface area contributed by atoms with Crippen molar-refractivity contribution in [3.05, 3.63) is 29.3 Å². The van der Waals surface area contributed by atoms with E-state index in [0.29, 0.717) is 29.5 Å². The standard InChI is InChI=1S/C17H27N3O4S2.HI/c1-13-9-14(5-6-15(13)26(4,23)24)10-19-16(18-2)20-11-17(7-8-17)12-25(3,21)22;/h5-6,9H,7-8,10-12H2,1-4H3,(H2,18,19,20);1H. The van der Waals surface area contributed by atoms with Gasteiger partial charge in [0, 0.05) is 38.1 Å². The molecule has 1 aliphatic carbocycles. The summed E-state index contributed by atoms with van der Waals surface area (Å²) in [5.74, 6) is 0.783. The highest BCUT2D eigenvalue weighted by molar-refractivity contribution is 14.0. The Morgan fingerprint density at radius 3 is 2.22 bits per heavy atom. The lowest BCUT2D eigenvalue weighted by Gasteiger charge is -2.18. The van der Waals surface area contributed by atoms with E-state index in [1.807, 2.05) is 6.07 Å². The molecule has 0 spiro atoms. The molecule has 1 aliphatic rings. The number of nitrogens with zero attached hydrogens (tertiary/aromatic N) is 1.